The predicted octanol–water partition coefficient (Wildman–Crippen LogP) is 3.48. The number of benzene rings is 1. The summed E-state index contributed by atoms with van der Waals surface area (Å²) in [6, 6.07) is 4.32. The summed E-state index contributed by atoms with van der Waals surface area (Å²) in [5, 5.41) is 12.1. The maximum Gasteiger partial charge on any atom is 0.238 e. The molecule has 1 aromatic rings. The number of rotatable bonds is 2. The lowest BCUT2D eigenvalue weighted by atomic mass is 10.0. The SMILES string of the molecule is CN1C(=S)SC(/[N+]([O-])=C/c2c(F)cccc2Cl)C1(C)C. The number of thiocarbonyl (C=S) groups is 1. The molecule has 1 fully saturated rings. The van der Waals surface area contributed by atoms with Gasteiger partial charge in [0.05, 0.1) is 10.6 Å². The Kier molecular flexibility index (Phi) is 4.27. The molecule has 0 radical (unpaired) electrons. The number of thioether (sulfide) groups is 1. The van der Waals surface area contributed by atoms with Gasteiger partial charge in [-0.15, -0.1) is 0 Å². The first-order chi connectivity index (χ1) is 9.25. The fourth-order valence-corrected chi connectivity index (χ4v) is 3.83. The van der Waals surface area contributed by atoms with E-state index >= 15 is 0 Å². The van der Waals surface area contributed by atoms with Gasteiger partial charge in [0.1, 0.15) is 15.7 Å². The first-order valence-corrected chi connectivity index (χ1v) is 7.60. The zero-order chi connectivity index (χ0) is 15.1. The Hall–Kier alpha value is -0.850. The molecule has 3 nitrogen and oxygen atoms in total. The van der Waals surface area contributed by atoms with E-state index in [0.29, 0.717) is 4.32 Å². The van der Waals surface area contributed by atoms with Gasteiger partial charge in [-0.25, -0.2) is 4.39 Å². The van der Waals surface area contributed by atoms with Gasteiger partial charge in [0.15, 0.2) is 6.21 Å². The van der Waals surface area contributed by atoms with Crippen molar-refractivity contribution < 1.29 is 9.13 Å². The molecule has 1 unspecified atom stereocenters. The van der Waals surface area contributed by atoms with Crippen LogP contribution < -0.4 is 0 Å². The van der Waals surface area contributed by atoms with E-state index in [1.165, 1.54) is 30.1 Å². The number of hydrogen-bond donors (Lipinski definition) is 0. The number of likely N-dealkylation sites (N-methyl/N-ethyl adjacent to an activating group) is 1. The molecule has 1 atom stereocenters. The Morgan fingerprint density at radius 2 is 2.20 bits per heavy atom. The maximum atomic E-state index is 13.7. The van der Waals surface area contributed by atoms with Crippen LogP contribution in [0.1, 0.15) is 19.4 Å². The van der Waals surface area contributed by atoms with Crippen molar-refractivity contribution in [3.8, 4) is 0 Å². The minimum absolute atomic E-state index is 0.0982. The normalized spacial score (nSPS) is 22.4. The summed E-state index contributed by atoms with van der Waals surface area (Å²) in [6.07, 6.45) is 1.19. The summed E-state index contributed by atoms with van der Waals surface area (Å²) in [4.78, 5) is 1.87. The maximum absolute atomic E-state index is 13.7. The van der Waals surface area contributed by atoms with Gasteiger partial charge in [-0.1, -0.05) is 29.9 Å². The van der Waals surface area contributed by atoms with Crippen LogP contribution in [0, 0.1) is 11.0 Å². The molecular formula is C13H14ClFN2OS2. The quantitative estimate of drug-likeness (QED) is 0.273. The van der Waals surface area contributed by atoms with Crippen LogP contribution in [0.15, 0.2) is 18.2 Å². The molecule has 1 aliphatic rings. The third kappa shape index (κ3) is 2.64. The fourth-order valence-electron chi connectivity index (χ4n) is 1.91. The molecule has 1 saturated heterocycles. The molecule has 7 heteroatoms. The summed E-state index contributed by atoms with van der Waals surface area (Å²) in [7, 11) is 1.85. The lowest BCUT2D eigenvalue weighted by molar-refractivity contribution is -0.480. The topological polar surface area (TPSA) is 29.3 Å². The van der Waals surface area contributed by atoms with Crippen molar-refractivity contribution in [2.24, 2.45) is 0 Å². The van der Waals surface area contributed by atoms with Crippen LogP contribution in [-0.4, -0.2) is 38.1 Å². The molecular weight excluding hydrogens is 319 g/mol. The molecule has 20 heavy (non-hydrogen) atoms. The minimum atomic E-state index is -0.518. The number of nitrogens with zero attached hydrogens (tertiary/aromatic N) is 2. The molecule has 108 valence electrons. The average molecular weight is 333 g/mol. The van der Waals surface area contributed by atoms with Crippen LogP contribution in [0.25, 0.3) is 0 Å². The molecule has 0 saturated carbocycles. The molecule has 0 aromatic heterocycles. The Labute approximate surface area is 132 Å². The second-order valence-corrected chi connectivity index (χ2v) is 7.19. The highest BCUT2D eigenvalue weighted by molar-refractivity contribution is 8.23. The van der Waals surface area contributed by atoms with Crippen LogP contribution in [0.4, 0.5) is 4.39 Å². The zero-order valence-electron chi connectivity index (χ0n) is 11.3. The van der Waals surface area contributed by atoms with E-state index < -0.39 is 16.7 Å². The van der Waals surface area contributed by atoms with Crippen LogP contribution in [-0.2, 0) is 0 Å². The van der Waals surface area contributed by atoms with Crippen LogP contribution in [0.5, 0.6) is 0 Å². The second kappa shape index (κ2) is 5.50. The molecule has 0 aliphatic carbocycles. The highest BCUT2D eigenvalue weighted by atomic mass is 35.5. The van der Waals surface area contributed by atoms with Gasteiger partial charge < -0.3 is 10.1 Å². The van der Waals surface area contributed by atoms with E-state index in [0.717, 1.165) is 4.74 Å². The third-order valence-corrected chi connectivity index (χ3v) is 5.82. The summed E-state index contributed by atoms with van der Waals surface area (Å²) in [5.41, 5.74) is -0.349. The van der Waals surface area contributed by atoms with E-state index in [-0.39, 0.29) is 10.6 Å². The first kappa shape index (κ1) is 15.5. The summed E-state index contributed by atoms with van der Waals surface area (Å²) >= 11 is 12.4. The van der Waals surface area contributed by atoms with Gasteiger partial charge in [0, 0.05) is 7.05 Å². The Bertz CT molecular complexity index is 571. The van der Waals surface area contributed by atoms with Gasteiger partial charge >= 0.3 is 0 Å². The van der Waals surface area contributed by atoms with Crippen molar-refractivity contribution in [3.05, 3.63) is 39.8 Å². The average Bonchev–Trinajstić information content (AvgIpc) is 2.57. The van der Waals surface area contributed by atoms with Gasteiger partial charge in [0.25, 0.3) is 0 Å². The van der Waals surface area contributed by atoms with Crippen molar-refractivity contribution in [1.29, 1.82) is 0 Å². The molecule has 1 aliphatic heterocycles. The van der Waals surface area contributed by atoms with E-state index in [4.69, 9.17) is 23.8 Å². The van der Waals surface area contributed by atoms with Crippen molar-refractivity contribution in [3.63, 3.8) is 0 Å². The van der Waals surface area contributed by atoms with Crippen molar-refractivity contribution in [2.75, 3.05) is 7.05 Å². The Morgan fingerprint density at radius 3 is 2.70 bits per heavy atom. The number of hydroxylamine groups is 1. The highest BCUT2D eigenvalue weighted by Gasteiger charge is 2.48. The zero-order valence-corrected chi connectivity index (χ0v) is 13.7. The third-order valence-electron chi connectivity index (χ3n) is 3.44. The molecule has 0 amide bonds. The molecule has 1 aromatic carbocycles. The summed E-state index contributed by atoms with van der Waals surface area (Å²) in [5.74, 6) is -0.518. The van der Waals surface area contributed by atoms with Crippen LogP contribution in [0.2, 0.25) is 5.02 Å². The summed E-state index contributed by atoms with van der Waals surface area (Å²) in [6.45, 7) is 3.84. The Morgan fingerprint density at radius 1 is 1.55 bits per heavy atom. The largest absolute Gasteiger partial charge is 0.623 e. The van der Waals surface area contributed by atoms with Gasteiger partial charge in [0.2, 0.25) is 5.37 Å². The lowest BCUT2D eigenvalue weighted by Crippen LogP contribution is -2.47. The first-order valence-electron chi connectivity index (χ1n) is 5.94. The highest BCUT2D eigenvalue weighted by Crippen LogP contribution is 2.38. The van der Waals surface area contributed by atoms with Crippen LogP contribution in [0.3, 0.4) is 0 Å². The molecule has 0 spiro atoms. The standard InChI is InChI=1S/C13H14ClFN2OS2/c1-13(2)11(20-12(19)16(13)3)17(18)7-8-9(14)5-4-6-10(8)15/h4-7,11H,1-3H3/b17-7-. The van der Waals surface area contributed by atoms with Crippen molar-refractivity contribution >= 4 is 46.1 Å². The second-order valence-electron chi connectivity index (χ2n) is 5.07. The number of halogens is 2. The van der Waals surface area contributed by atoms with E-state index in [2.05, 4.69) is 0 Å². The van der Waals surface area contributed by atoms with Gasteiger partial charge in [-0.3, -0.25) is 0 Å². The smallest absolute Gasteiger partial charge is 0.238 e. The monoisotopic (exact) mass is 332 g/mol. The lowest BCUT2D eigenvalue weighted by Gasteiger charge is -2.30. The molecule has 0 bridgehead atoms. The molecule has 2 rings (SSSR count). The van der Waals surface area contributed by atoms with Crippen LogP contribution >= 0.6 is 35.6 Å². The number of hydrogen-bond acceptors (Lipinski definition) is 3. The van der Waals surface area contributed by atoms with E-state index in [1.54, 1.807) is 6.07 Å². The minimum Gasteiger partial charge on any atom is -0.623 e. The molecule has 0 N–H and O–H groups in total. The van der Waals surface area contributed by atoms with Gasteiger partial charge in [-0.2, -0.15) is 4.74 Å². The van der Waals surface area contributed by atoms with Crippen molar-refractivity contribution in [1.82, 2.24) is 4.90 Å². The molecule has 1 heterocycles. The van der Waals surface area contributed by atoms with Crippen molar-refractivity contribution in [2.45, 2.75) is 24.8 Å². The van der Waals surface area contributed by atoms with Gasteiger partial charge in [-0.05, 0) is 37.7 Å². The summed E-state index contributed by atoms with van der Waals surface area (Å²) < 4.78 is 15.1. The van der Waals surface area contributed by atoms with E-state index in [9.17, 15) is 9.60 Å². The predicted molar refractivity (Wildman–Crippen MR) is 86.0 cm³/mol. The Balaban J connectivity index is 2.39. The van der Waals surface area contributed by atoms with E-state index in [1.807, 2.05) is 25.8 Å². The fraction of sp³-hybridized carbons (Fsp3) is 0.385.